The van der Waals surface area contributed by atoms with Crippen molar-refractivity contribution in [2.75, 3.05) is 23.3 Å². The summed E-state index contributed by atoms with van der Waals surface area (Å²) in [6.07, 6.45) is 0. The molecule has 0 heterocycles. The normalized spacial score (nSPS) is 11.0. The molecule has 0 aliphatic heterocycles. The lowest BCUT2D eigenvalue weighted by Crippen LogP contribution is -2.38. The Labute approximate surface area is 189 Å². The molecule has 0 aliphatic rings. The van der Waals surface area contributed by atoms with E-state index in [4.69, 9.17) is 16.3 Å². The maximum absolute atomic E-state index is 13.7. The Bertz CT molecular complexity index is 1250. The second-order valence-electron chi connectivity index (χ2n) is 6.51. The van der Waals surface area contributed by atoms with E-state index in [0.29, 0.717) is 0 Å². The van der Waals surface area contributed by atoms with E-state index < -0.39 is 34.3 Å². The van der Waals surface area contributed by atoms with Crippen LogP contribution in [0.3, 0.4) is 0 Å². The minimum absolute atomic E-state index is 0.00310. The highest BCUT2D eigenvalue weighted by atomic mass is 35.5. The van der Waals surface area contributed by atoms with Crippen molar-refractivity contribution in [2.45, 2.75) is 4.90 Å². The van der Waals surface area contributed by atoms with Crippen LogP contribution in [-0.4, -0.2) is 33.9 Å². The molecule has 3 rings (SSSR count). The molecule has 166 valence electrons. The van der Waals surface area contributed by atoms with Crippen LogP contribution in [0.25, 0.3) is 0 Å². The molecule has 1 amide bonds. The van der Waals surface area contributed by atoms with E-state index in [0.717, 1.165) is 16.4 Å². The lowest BCUT2D eigenvalue weighted by Gasteiger charge is -2.24. The number of hydrogen-bond donors (Lipinski definition) is 1. The van der Waals surface area contributed by atoms with Crippen molar-refractivity contribution in [1.82, 2.24) is 0 Å². The number of ether oxygens (including phenoxy) is 1. The van der Waals surface area contributed by atoms with Crippen molar-refractivity contribution in [3.8, 4) is 0 Å². The molecule has 0 saturated heterocycles. The number of rotatable bonds is 7. The Kier molecular flexibility index (Phi) is 7.12. The molecule has 0 unspecified atom stereocenters. The van der Waals surface area contributed by atoms with Gasteiger partial charge in [0.25, 0.3) is 10.0 Å². The summed E-state index contributed by atoms with van der Waals surface area (Å²) in [6.45, 7) is -0.658. The first-order chi connectivity index (χ1) is 15.2. The maximum Gasteiger partial charge on any atom is 0.339 e. The molecule has 1 N–H and O–H groups in total. The lowest BCUT2D eigenvalue weighted by atomic mass is 10.2. The monoisotopic (exact) mass is 476 g/mol. The predicted molar refractivity (Wildman–Crippen MR) is 119 cm³/mol. The van der Waals surface area contributed by atoms with Crippen molar-refractivity contribution < 1.29 is 27.1 Å². The van der Waals surface area contributed by atoms with E-state index in [9.17, 15) is 22.4 Å². The molecule has 0 aromatic heterocycles. The van der Waals surface area contributed by atoms with Crippen LogP contribution in [0, 0.1) is 5.82 Å². The molecule has 0 bridgehead atoms. The summed E-state index contributed by atoms with van der Waals surface area (Å²) in [4.78, 5) is 24.7. The van der Waals surface area contributed by atoms with Crippen molar-refractivity contribution >= 4 is 44.9 Å². The molecule has 0 aliphatic carbocycles. The Morgan fingerprint density at radius 3 is 2.34 bits per heavy atom. The molecular formula is C22H18ClFN2O5S. The molecule has 3 aromatic rings. The zero-order valence-corrected chi connectivity index (χ0v) is 18.4. The second-order valence-corrected chi connectivity index (χ2v) is 8.78. The fraction of sp³-hybridized carbons (Fsp3) is 0.0909. The van der Waals surface area contributed by atoms with Gasteiger partial charge in [-0.05, 0) is 42.5 Å². The average Bonchev–Trinajstić information content (AvgIpc) is 2.79. The number of sulfonamides is 1. The van der Waals surface area contributed by atoms with Gasteiger partial charge in [0.1, 0.15) is 12.4 Å². The zero-order valence-electron chi connectivity index (χ0n) is 16.8. The first-order valence-electron chi connectivity index (χ1n) is 9.24. The third-order valence-electron chi connectivity index (χ3n) is 4.42. The standard InChI is InChI=1S/C22H18ClFN2O5S/c1-31-22(28)17-9-5-6-10-20(17)25-21(27)14-26(15-11-12-19(24)18(23)13-15)32(29,30)16-7-3-2-4-8-16/h2-13H,14H2,1H3,(H,25,27). The molecule has 0 radical (unpaired) electrons. The van der Waals surface area contributed by atoms with Crippen LogP contribution in [0.15, 0.2) is 77.7 Å². The third kappa shape index (κ3) is 5.06. The molecule has 0 spiro atoms. The predicted octanol–water partition coefficient (Wildman–Crippen LogP) is 4.10. The first-order valence-corrected chi connectivity index (χ1v) is 11.1. The maximum atomic E-state index is 13.7. The van der Waals surface area contributed by atoms with Crippen LogP contribution in [0.5, 0.6) is 0 Å². The van der Waals surface area contributed by atoms with Crippen LogP contribution in [0.2, 0.25) is 5.02 Å². The first kappa shape index (κ1) is 23.2. The molecule has 0 fully saturated rings. The van der Waals surface area contributed by atoms with Gasteiger partial charge in [0, 0.05) is 0 Å². The van der Waals surface area contributed by atoms with E-state index in [1.54, 1.807) is 18.2 Å². The van der Waals surface area contributed by atoms with Gasteiger partial charge in [-0.3, -0.25) is 9.10 Å². The number of hydrogen-bond acceptors (Lipinski definition) is 5. The average molecular weight is 477 g/mol. The van der Waals surface area contributed by atoms with Gasteiger partial charge in [0.2, 0.25) is 5.91 Å². The van der Waals surface area contributed by atoms with Gasteiger partial charge in [0.05, 0.1) is 34.0 Å². The van der Waals surface area contributed by atoms with Crippen LogP contribution in [0.1, 0.15) is 10.4 Å². The summed E-state index contributed by atoms with van der Waals surface area (Å²) < 4.78 is 45.7. The highest BCUT2D eigenvalue weighted by Gasteiger charge is 2.28. The van der Waals surface area contributed by atoms with Crippen molar-refractivity contribution in [3.05, 3.63) is 89.2 Å². The van der Waals surface area contributed by atoms with E-state index in [2.05, 4.69) is 5.32 Å². The lowest BCUT2D eigenvalue weighted by molar-refractivity contribution is -0.114. The van der Waals surface area contributed by atoms with Crippen molar-refractivity contribution in [2.24, 2.45) is 0 Å². The van der Waals surface area contributed by atoms with E-state index >= 15 is 0 Å². The minimum atomic E-state index is -4.20. The number of nitrogens with one attached hydrogen (secondary N) is 1. The van der Waals surface area contributed by atoms with E-state index in [-0.39, 0.29) is 26.9 Å². The Morgan fingerprint density at radius 1 is 1.03 bits per heavy atom. The SMILES string of the molecule is COC(=O)c1ccccc1NC(=O)CN(c1ccc(F)c(Cl)c1)S(=O)(=O)c1ccccc1. The fourth-order valence-electron chi connectivity index (χ4n) is 2.88. The topological polar surface area (TPSA) is 92.8 Å². The summed E-state index contributed by atoms with van der Waals surface area (Å²) in [5.41, 5.74) is 0.251. The summed E-state index contributed by atoms with van der Waals surface area (Å²) in [5.74, 6) is -2.13. The van der Waals surface area contributed by atoms with E-state index in [1.807, 2.05) is 0 Å². The minimum Gasteiger partial charge on any atom is -0.465 e. The summed E-state index contributed by atoms with van der Waals surface area (Å²) in [7, 11) is -3.00. The number of methoxy groups -OCH3 is 1. The van der Waals surface area contributed by atoms with Crippen LogP contribution in [0.4, 0.5) is 15.8 Å². The van der Waals surface area contributed by atoms with Gasteiger partial charge in [-0.1, -0.05) is 41.9 Å². The number of amides is 1. The molecule has 7 nitrogen and oxygen atoms in total. The quantitative estimate of drug-likeness (QED) is 0.518. The highest BCUT2D eigenvalue weighted by molar-refractivity contribution is 7.92. The van der Waals surface area contributed by atoms with Crippen LogP contribution < -0.4 is 9.62 Å². The smallest absolute Gasteiger partial charge is 0.339 e. The number of halogens is 2. The number of para-hydroxylation sites is 1. The molecule has 0 atom stereocenters. The number of nitrogens with zero attached hydrogens (tertiary/aromatic N) is 1. The summed E-state index contributed by atoms with van der Waals surface area (Å²) >= 11 is 5.84. The number of benzene rings is 3. The number of esters is 1. The third-order valence-corrected chi connectivity index (χ3v) is 6.49. The van der Waals surface area contributed by atoms with Gasteiger partial charge < -0.3 is 10.1 Å². The number of carbonyl (C=O) groups excluding carboxylic acids is 2. The summed E-state index contributed by atoms with van der Waals surface area (Å²) in [5, 5.41) is 2.22. The number of carbonyl (C=O) groups is 2. The Hall–Kier alpha value is -3.43. The van der Waals surface area contributed by atoms with Crippen molar-refractivity contribution in [3.63, 3.8) is 0 Å². The van der Waals surface area contributed by atoms with Crippen molar-refractivity contribution in [1.29, 1.82) is 0 Å². The van der Waals surface area contributed by atoms with Crippen LogP contribution >= 0.6 is 11.6 Å². The second kappa shape index (κ2) is 9.80. The Morgan fingerprint density at radius 2 is 1.69 bits per heavy atom. The molecular weight excluding hydrogens is 459 g/mol. The molecule has 3 aromatic carbocycles. The fourth-order valence-corrected chi connectivity index (χ4v) is 4.48. The molecule has 0 saturated carbocycles. The summed E-state index contributed by atoms with van der Waals surface area (Å²) in [6, 6.07) is 16.9. The Balaban J connectivity index is 1.97. The zero-order chi connectivity index (χ0) is 23.3. The van der Waals surface area contributed by atoms with Gasteiger partial charge >= 0.3 is 5.97 Å². The van der Waals surface area contributed by atoms with Gasteiger partial charge in [-0.15, -0.1) is 0 Å². The van der Waals surface area contributed by atoms with Gasteiger partial charge in [-0.2, -0.15) is 0 Å². The van der Waals surface area contributed by atoms with Crippen LogP contribution in [-0.2, 0) is 19.6 Å². The van der Waals surface area contributed by atoms with Gasteiger partial charge in [-0.25, -0.2) is 17.6 Å². The molecule has 32 heavy (non-hydrogen) atoms. The van der Waals surface area contributed by atoms with Gasteiger partial charge in [0.15, 0.2) is 0 Å². The molecule has 10 heteroatoms. The largest absolute Gasteiger partial charge is 0.465 e. The number of anilines is 2. The van der Waals surface area contributed by atoms with E-state index in [1.165, 1.54) is 49.6 Å². The highest BCUT2D eigenvalue weighted by Crippen LogP contribution is 2.28.